The first-order chi connectivity index (χ1) is 19.6. The fraction of sp³-hybridized carbons (Fsp3) is 0.552. The smallest absolute Gasteiger partial charge is 0.251 e. The number of aromatic nitrogens is 3. The van der Waals surface area contributed by atoms with Crippen LogP contribution in [-0.4, -0.2) is 90.6 Å². The van der Waals surface area contributed by atoms with Crippen molar-refractivity contribution in [2.24, 2.45) is 5.41 Å². The molecule has 9 nitrogen and oxygen atoms in total. The zero-order valence-corrected chi connectivity index (χ0v) is 24.6. The largest absolute Gasteiger partial charge is 0.491 e. The lowest BCUT2D eigenvalue weighted by molar-refractivity contribution is 0.0318. The van der Waals surface area contributed by atoms with Crippen molar-refractivity contribution in [3.05, 3.63) is 40.2 Å². The van der Waals surface area contributed by atoms with Crippen LogP contribution in [-0.2, 0) is 0 Å². The third kappa shape index (κ3) is 6.33. The number of hydrogen-bond donors (Lipinski definition) is 2. The summed E-state index contributed by atoms with van der Waals surface area (Å²) in [6, 6.07) is 5.28. The molecule has 2 aromatic heterocycles. The second kappa shape index (κ2) is 12.2. The fourth-order valence-corrected chi connectivity index (χ4v) is 6.09. The maximum absolute atomic E-state index is 12.9. The molecule has 3 aromatic rings. The highest BCUT2D eigenvalue weighted by Gasteiger charge is 2.46. The normalized spacial score (nSPS) is 17.7. The number of ether oxygens (including phenoxy) is 1. The van der Waals surface area contributed by atoms with Gasteiger partial charge in [0.15, 0.2) is 5.82 Å². The molecule has 0 radical (unpaired) electrons. The molecule has 41 heavy (non-hydrogen) atoms. The molecule has 1 aromatic carbocycles. The van der Waals surface area contributed by atoms with E-state index in [-0.39, 0.29) is 18.6 Å². The summed E-state index contributed by atoms with van der Waals surface area (Å²) in [5, 5.41) is 17.6. The minimum Gasteiger partial charge on any atom is -0.491 e. The van der Waals surface area contributed by atoms with Crippen LogP contribution in [0.25, 0.3) is 22.6 Å². The van der Waals surface area contributed by atoms with Crippen LogP contribution in [0.15, 0.2) is 22.7 Å². The highest BCUT2D eigenvalue weighted by atomic mass is 35.5. The zero-order valence-electron chi connectivity index (χ0n) is 23.9. The molecule has 2 aliphatic rings. The van der Waals surface area contributed by atoms with Gasteiger partial charge in [-0.3, -0.25) is 4.90 Å². The highest BCUT2D eigenvalue weighted by Crippen LogP contribution is 2.45. The zero-order chi connectivity index (χ0) is 29.3. The minimum absolute atomic E-state index is 0.0962. The van der Waals surface area contributed by atoms with Crippen molar-refractivity contribution in [2.75, 3.05) is 57.8 Å². The SMILES string of the molecule is CNCC(O)COc1ccc(Cl)c(-c2nc(-c3c(C)noc3C)c(C)c(N3CC4(CCN(CC(F)F)CC4)C3)n2)c1. The summed E-state index contributed by atoms with van der Waals surface area (Å²) in [7, 11) is 1.77. The Morgan fingerprint density at radius 1 is 1.17 bits per heavy atom. The van der Waals surface area contributed by atoms with Gasteiger partial charge in [-0.2, -0.15) is 0 Å². The van der Waals surface area contributed by atoms with Crippen molar-refractivity contribution in [1.82, 2.24) is 25.3 Å². The maximum atomic E-state index is 12.9. The molecule has 2 fully saturated rings. The molecule has 12 heteroatoms. The molecule has 0 amide bonds. The van der Waals surface area contributed by atoms with E-state index in [9.17, 15) is 13.9 Å². The molecule has 222 valence electrons. The van der Waals surface area contributed by atoms with E-state index in [2.05, 4.69) is 15.4 Å². The van der Waals surface area contributed by atoms with Crippen molar-refractivity contribution >= 4 is 17.4 Å². The number of alkyl halides is 2. The van der Waals surface area contributed by atoms with E-state index in [1.165, 1.54) is 0 Å². The van der Waals surface area contributed by atoms with Crippen LogP contribution in [0, 0.1) is 26.2 Å². The van der Waals surface area contributed by atoms with Crippen LogP contribution in [0.1, 0.15) is 29.9 Å². The number of piperidine rings is 1. The van der Waals surface area contributed by atoms with E-state index >= 15 is 0 Å². The number of likely N-dealkylation sites (tertiary alicyclic amines) is 1. The van der Waals surface area contributed by atoms with E-state index in [4.69, 9.17) is 30.8 Å². The number of rotatable bonds is 10. The van der Waals surface area contributed by atoms with Crippen molar-refractivity contribution < 1.29 is 23.1 Å². The number of benzene rings is 1. The molecular weight excluding hydrogens is 554 g/mol. The molecule has 2 saturated heterocycles. The van der Waals surface area contributed by atoms with Gasteiger partial charge in [-0.1, -0.05) is 16.8 Å². The topological polar surface area (TPSA) is 99.8 Å². The Bertz CT molecular complexity index is 1350. The third-order valence-electron chi connectivity index (χ3n) is 8.12. The van der Waals surface area contributed by atoms with E-state index < -0.39 is 12.5 Å². The van der Waals surface area contributed by atoms with Gasteiger partial charge in [-0.05, 0) is 71.9 Å². The molecular formula is C29H37ClF2N6O3. The Labute approximate surface area is 243 Å². The van der Waals surface area contributed by atoms with Crippen LogP contribution in [0.3, 0.4) is 0 Å². The molecule has 5 rings (SSSR count). The summed E-state index contributed by atoms with van der Waals surface area (Å²) < 4.78 is 37.1. The van der Waals surface area contributed by atoms with E-state index in [0.29, 0.717) is 47.6 Å². The lowest BCUT2D eigenvalue weighted by Crippen LogP contribution is -2.61. The predicted molar refractivity (Wildman–Crippen MR) is 154 cm³/mol. The summed E-state index contributed by atoms with van der Waals surface area (Å²) >= 11 is 6.67. The summed E-state index contributed by atoms with van der Waals surface area (Å²) in [5.41, 5.74) is 3.89. The summed E-state index contributed by atoms with van der Waals surface area (Å²) in [5.74, 6) is 2.45. The van der Waals surface area contributed by atoms with Gasteiger partial charge < -0.3 is 24.6 Å². The van der Waals surface area contributed by atoms with Crippen LogP contribution < -0.4 is 15.0 Å². The highest BCUT2D eigenvalue weighted by molar-refractivity contribution is 6.33. The van der Waals surface area contributed by atoms with Crippen LogP contribution in [0.5, 0.6) is 5.75 Å². The lowest BCUT2D eigenvalue weighted by Gasteiger charge is -2.54. The number of likely N-dealkylation sites (N-methyl/N-ethyl adjacent to an activating group) is 1. The Balaban J connectivity index is 1.46. The Kier molecular flexibility index (Phi) is 8.79. The molecule has 1 unspecified atom stereocenters. The second-order valence-electron chi connectivity index (χ2n) is 11.3. The van der Waals surface area contributed by atoms with Crippen molar-refractivity contribution in [3.63, 3.8) is 0 Å². The lowest BCUT2D eigenvalue weighted by atomic mass is 9.72. The van der Waals surface area contributed by atoms with Gasteiger partial charge >= 0.3 is 0 Å². The van der Waals surface area contributed by atoms with Gasteiger partial charge in [0.05, 0.1) is 28.5 Å². The number of nitrogens with one attached hydrogen (secondary N) is 1. The first-order valence-corrected chi connectivity index (χ1v) is 14.3. The Hall–Kier alpha value is -2.86. The molecule has 0 bridgehead atoms. The molecule has 1 atom stereocenters. The quantitative estimate of drug-likeness (QED) is 0.353. The van der Waals surface area contributed by atoms with Gasteiger partial charge in [0.1, 0.15) is 30.0 Å². The Morgan fingerprint density at radius 3 is 2.54 bits per heavy atom. The van der Waals surface area contributed by atoms with Gasteiger partial charge in [0.25, 0.3) is 6.43 Å². The molecule has 0 aliphatic carbocycles. The number of anilines is 1. The first-order valence-electron chi connectivity index (χ1n) is 13.9. The summed E-state index contributed by atoms with van der Waals surface area (Å²) in [6.07, 6.45) is -1.20. The second-order valence-corrected chi connectivity index (χ2v) is 11.7. The van der Waals surface area contributed by atoms with Gasteiger partial charge in [0.2, 0.25) is 0 Å². The molecule has 2 N–H and O–H groups in total. The van der Waals surface area contributed by atoms with Crippen LogP contribution in [0.4, 0.5) is 14.6 Å². The predicted octanol–water partition coefficient (Wildman–Crippen LogP) is 4.50. The fourth-order valence-electron chi connectivity index (χ4n) is 5.88. The molecule has 1 spiro atoms. The van der Waals surface area contributed by atoms with Crippen LogP contribution in [0.2, 0.25) is 5.02 Å². The van der Waals surface area contributed by atoms with Gasteiger partial charge in [-0.15, -0.1) is 0 Å². The number of halogens is 3. The Morgan fingerprint density at radius 2 is 1.90 bits per heavy atom. The number of hydrogen-bond acceptors (Lipinski definition) is 9. The standard InChI is InChI=1S/C29H37ClF2N6O3/c1-17-26(25-18(2)36-41-19(25)3)34-27(22-11-21(5-6-23(22)30)40-14-20(39)12-33-4)35-28(17)38-15-29(16-38)7-9-37(10-8-29)13-24(31)32/h5-6,11,20,24,33,39H,7-10,12-16H2,1-4H3. The van der Waals surface area contributed by atoms with Crippen molar-refractivity contribution in [3.8, 4) is 28.4 Å². The van der Waals surface area contributed by atoms with Crippen molar-refractivity contribution in [1.29, 1.82) is 0 Å². The summed E-state index contributed by atoms with van der Waals surface area (Å²) in [6.45, 7) is 9.08. The van der Waals surface area contributed by atoms with Gasteiger partial charge in [-0.25, -0.2) is 18.7 Å². The minimum atomic E-state index is -2.30. The van der Waals surface area contributed by atoms with E-state index in [0.717, 1.165) is 54.3 Å². The maximum Gasteiger partial charge on any atom is 0.251 e. The number of nitrogens with zero attached hydrogens (tertiary/aromatic N) is 5. The molecule has 0 saturated carbocycles. The molecule has 2 aliphatic heterocycles. The third-order valence-corrected chi connectivity index (χ3v) is 8.45. The number of aryl methyl sites for hydroxylation is 2. The van der Waals surface area contributed by atoms with E-state index in [1.807, 2.05) is 25.7 Å². The summed E-state index contributed by atoms with van der Waals surface area (Å²) in [4.78, 5) is 14.1. The number of aliphatic hydroxyl groups is 1. The number of aliphatic hydroxyl groups excluding tert-OH is 1. The van der Waals surface area contributed by atoms with Crippen LogP contribution >= 0.6 is 11.6 Å². The average molecular weight is 591 g/mol. The average Bonchev–Trinajstić information content (AvgIpc) is 3.25. The molecule has 4 heterocycles. The first kappa shape index (κ1) is 29.6. The van der Waals surface area contributed by atoms with Crippen molar-refractivity contribution in [2.45, 2.75) is 46.1 Å². The van der Waals surface area contributed by atoms with Gasteiger partial charge in [0, 0.05) is 36.2 Å². The monoisotopic (exact) mass is 590 g/mol. The van der Waals surface area contributed by atoms with E-state index in [1.54, 1.807) is 25.2 Å².